The molecule has 0 saturated carbocycles. The lowest BCUT2D eigenvalue weighted by atomic mass is 9.87. The number of hydrogen-bond donors (Lipinski definition) is 1. The average Bonchev–Trinajstić information content (AvgIpc) is 2.79. The zero-order valence-corrected chi connectivity index (χ0v) is 20.2. The summed E-state index contributed by atoms with van der Waals surface area (Å²) >= 11 is 0. The standard InChI is InChI=1S/C24H30N2O6S/c1-17-5-10-20(33(29,30)26-11-13-31-14-12-26)15-21(17)25-22(27)16-32-23(28)18-6-8-19(9-7-18)24(2,3)4/h5-10,15H,11-14,16H2,1-4H3,(H,25,27). The first-order valence-corrected chi connectivity index (χ1v) is 12.2. The first-order chi connectivity index (χ1) is 15.5. The lowest BCUT2D eigenvalue weighted by Crippen LogP contribution is -2.40. The molecule has 0 radical (unpaired) electrons. The highest BCUT2D eigenvalue weighted by molar-refractivity contribution is 7.89. The monoisotopic (exact) mass is 474 g/mol. The molecular weight excluding hydrogens is 444 g/mol. The number of morpholine rings is 1. The Hall–Kier alpha value is -2.75. The van der Waals surface area contributed by atoms with Gasteiger partial charge in [0.2, 0.25) is 10.0 Å². The summed E-state index contributed by atoms with van der Waals surface area (Å²) in [6.45, 7) is 8.76. The average molecular weight is 475 g/mol. The molecule has 1 aliphatic heterocycles. The van der Waals surface area contributed by atoms with E-state index in [4.69, 9.17) is 9.47 Å². The van der Waals surface area contributed by atoms with Crippen LogP contribution in [-0.4, -0.2) is 57.5 Å². The van der Waals surface area contributed by atoms with Gasteiger partial charge in [-0.3, -0.25) is 4.79 Å². The summed E-state index contributed by atoms with van der Waals surface area (Å²) < 4.78 is 37.5. The number of rotatable bonds is 6. The van der Waals surface area contributed by atoms with Crippen molar-refractivity contribution in [2.45, 2.75) is 38.0 Å². The Morgan fingerprint density at radius 1 is 1.06 bits per heavy atom. The van der Waals surface area contributed by atoms with Gasteiger partial charge in [0.15, 0.2) is 6.61 Å². The van der Waals surface area contributed by atoms with Gasteiger partial charge in [0.1, 0.15) is 0 Å². The van der Waals surface area contributed by atoms with Crippen LogP contribution in [0.15, 0.2) is 47.4 Å². The summed E-state index contributed by atoms with van der Waals surface area (Å²) in [4.78, 5) is 24.8. The number of aryl methyl sites for hydroxylation is 1. The van der Waals surface area contributed by atoms with E-state index in [1.54, 1.807) is 25.1 Å². The van der Waals surface area contributed by atoms with Crippen molar-refractivity contribution in [2.75, 3.05) is 38.2 Å². The lowest BCUT2D eigenvalue weighted by molar-refractivity contribution is -0.119. The molecule has 2 aromatic carbocycles. The third-order valence-electron chi connectivity index (χ3n) is 5.41. The van der Waals surface area contributed by atoms with Gasteiger partial charge in [-0.15, -0.1) is 0 Å². The predicted molar refractivity (Wildman–Crippen MR) is 125 cm³/mol. The molecule has 8 nitrogen and oxygen atoms in total. The molecule has 1 heterocycles. The molecule has 0 spiro atoms. The first kappa shape index (κ1) is 24.9. The summed E-state index contributed by atoms with van der Waals surface area (Å²) in [5.74, 6) is -1.16. The van der Waals surface area contributed by atoms with Crippen molar-refractivity contribution >= 4 is 27.6 Å². The maximum absolute atomic E-state index is 12.9. The molecule has 9 heteroatoms. The number of hydrogen-bond acceptors (Lipinski definition) is 6. The van der Waals surface area contributed by atoms with E-state index in [9.17, 15) is 18.0 Å². The number of carbonyl (C=O) groups excluding carboxylic acids is 2. The zero-order chi connectivity index (χ0) is 24.2. The molecule has 1 saturated heterocycles. The number of ether oxygens (including phenoxy) is 2. The minimum absolute atomic E-state index is 0.0377. The molecule has 0 aromatic heterocycles. The Balaban J connectivity index is 1.63. The Kier molecular flexibility index (Phi) is 7.56. The van der Waals surface area contributed by atoms with Crippen LogP contribution in [0.2, 0.25) is 0 Å². The van der Waals surface area contributed by atoms with Gasteiger partial charge in [0.25, 0.3) is 5.91 Å². The molecule has 1 aliphatic rings. The molecule has 0 atom stereocenters. The number of carbonyl (C=O) groups is 2. The van der Waals surface area contributed by atoms with Gasteiger partial charge in [0.05, 0.1) is 23.7 Å². The number of nitrogens with zero attached hydrogens (tertiary/aromatic N) is 1. The van der Waals surface area contributed by atoms with Crippen molar-refractivity contribution in [1.82, 2.24) is 4.31 Å². The quantitative estimate of drug-likeness (QED) is 0.646. The summed E-state index contributed by atoms with van der Waals surface area (Å²) in [5.41, 5.74) is 2.43. The normalized spacial score (nSPS) is 15.2. The summed E-state index contributed by atoms with van der Waals surface area (Å²) in [5, 5.41) is 2.64. The van der Waals surface area contributed by atoms with E-state index < -0.39 is 28.5 Å². The Labute approximate surface area is 194 Å². The van der Waals surface area contributed by atoms with E-state index in [0.717, 1.165) is 5.56 Å². The number of sulfonamides is 1. The van der Waals surface area contributed by atoms with Gasteiger partial charge in [-0.05, 0) is 47.7 Å². The highest BCUT2D eigenvalue weighted by Gasteiger charge is 2.27. The van der Waals surface area contributed by atoms with Crippen LogP contribution in [0.1, 0.15) is 42.3 Å². The summed E-state index contributed by atoms with van der Waals surface area (Å²) in [6.07, 6.45) is 0. The fourth-order valence-electron chi connectivity index (χ4n) is 3.34. The number of anilines is 1. The predicted octanol–water partition coefficient (Wildman–Crippen LogP) is 3.11. The van der Waals surface area contributed by atoms with Gasteiger partial charge in [-0.2, -0.15) is 4.31 Å². The maximum atomic E-state index is 12.9. The van der Waals surface area contributed by atoms with Gasteiger partial charge in [-0.25, -0.2) is 13.2 Å². The van der Waals surface area contributed by atoms with Crippen LogP contribution in [0.4, 0.5) is 5.69 Å². The third-order valence-corrected chi connectivity index (χ3v) is 7.31. The van der Waals surface area contributed by atoms with Gasteiger partial charge >= 0.3 is 5.97 Å². The van der Waals surface area contributed by atoms with E-state index in [2.05, 4.69) is 26.1 Å². The van der Waals surface area contributed by atoms with E-state index in [1.807, 2.05) is 12.1 Å². The Morgan fingerprint density at radius 2 is 1.70 bits per heavy atom. The van der Waals surface area contributed by atoms with Crippen molar-refractivity contribution in [1.29, 1.82) is 0 Å². The van der Waals surface area contributed by atoms with E-state index in [1.165, 1.54) is 16.4 Å². The van der Waals surface area contributed by atoms with Crippen molar-refractivity contribution in [2.24, 2.45) is 0 Å². The minimum atomic E-state index is -3.70. The van der Waals surface area contributed by atoms with Crippen molar-refractivity contribution < 1.29 is 27.5 Å². The molecule has 1 amide bonds. The SMILES string of the molecule is Cc1ccc(S(=O)(=O)N2CCOCC2)cc1NC(=O)COC(=O)c1ccc(C(C)(C)C)cc1. The second kappa shape index (κ2) is 10.0. The smallest absolute Gasteiger partial charge is 0.338 e. The fourth-order valence-corrected chi connectivity index (χ4v) is 4.77. The molecule has 0 bridgehead atoms. The van der Waals surface area contributed by atoms with Gasteiger partial charge in [0, 0.05) is 18.8 Å². The number of esters is 1. The van der Waals surface area contributed by atoms with Gasteiger partial charge < -0.3 is 14.8 Å². The molecule has 0 unspecified atom stereocenters. The molecule has 1 fully saturated rings. The molecular formula is C24H30N2O6S. The van der Waals surface area contributed by atoms with Crippen LogP contribution in [-0.2, 0) is 29.7 Å². The Bertz CT molecular complexity index is 1110. The molecule has 2 aromatic rings. The maximum Gasteiger partial charge on any atom is 0.338 e. The number of nitrogens with one attached hydrogen (secondary N) is 1. The van der Waals surface area contributed by atoms with Crippen molar-refractivity contribution in [3.8, 4) is 0 Å². The first-order valence-electron chi connectivity index (χ1n) is 10.7. The van der Waals surface area contributed by atoms with E-state index in [-0.39, 0.29) is 23.4 Å². The second-order valence-electron chi connectivity index (χ2n) is 8.94. The van der Waals surface area contributed by atoms with Crippen molar-refractivity contribution in [3.63, 3.8) is 0 Å². The fraction of sp³-hybridized carbons (Fsp3) is 0.417. The number of amides is 1. The van der Waals surface area contributed by atoms with E-state index >= 15 is 0 Å². The molecule has 33 heavy (non-hydrogen) atoms. The lowest BCUT2D eigenvalue weighted by Gasteiger charge is -2.26. The van der Waals surface area contributed by atoms with Crippen molar-refractivity contribution in [3.05, 3.63) is 59.2 Å². The molecule has 178 valence electrons. The Morgan fingerprint density at radius 3 is 2.30 bits per heavy atom. The van der Waals surface area contributed by atoms with Gasteiger partial charge in [-0.1, -0.05) is 39.0 Å². The second-order valence-corrected chi connectivity index (χ2v) is 10.9. The molecule has 1 N–H and O–H groups in total. The van der Waals surface area contributed by atoms with Crippen LogP contribution in [0.5, 0.6) is 0 Å². The van der Waals surface area contributed by atoms with Crippen LogP contribution >= 0.6 is 0 Å². The summed E-state index contributed by atoms with van der Waals surface area (Å²) in [6, 6.07) is 11.6. The largest absolute Gasteiger partial charge is 0.452 e. The zero-order valence-electron chi connectivity index (χ0n) is 19.4. The highest BCUT2D eigenvalue weighted by atomic mass is 32.2. The summed E-state index contributed by atoms with van der Waals surface area (Å²) in [7, 11) is -3.70. The third kappa shape index (κ3) is 6.19. The minimum Gasteiger partial charge on any atom is -0.452 e. The van der Waals surface area contributed by atoms with Crippen LogP contribution in [0, 0.1) is 6.92 Å². The van der Waals surface area contributed by atoms with Crippen LogP contribution < -0.4 is 5.32 Å². The molecule has 3 rings (SSSR count). The topological polar surface area (TPSA) is 102 Å². The van der Waals surface area contributed by atoms with Crippen LogP contribution in [0.25, 0.3) is 0 Å². The van der Waals surface area contributed by atoms with Crippen LogP contribution in [0.3, 0.4) is 0 Å². The highest BCUT2D eigenvalue weighted by Crippen LogP contribution is 2.24. The number of benzene rings is 2. The molecule has 0 aliphatic carbocycles. The van der Waals surface area contributed by atoms with E-state index in [0.29, 0.717) is 30.0 Å².